The van der Waals surface area contributed by atoms with Gasteiger partial charge in [-0.15, -0.1) is 11.3 Å². The van der Waals surface area contributed by atoms with Crippen molar-refractivity contribution in [2.24, 2.45) is 11.8 Å². The lowest BCUT2D eigenvalue weighted by molar-refractivity contribution is 0.0737. The first-order valence-corrected chi connectivity index (χ1v) is 12.6. The third-order valence-corrected chi connectivity index (χ3v) is 8.74. The van der Waals surface area contributed by atoms with Crippen molar-refractivity contribution in [3.05, 3.63) is 52.2 Å². The van der Waals surface area contributed by atoms with Gasteiger partial charge in [0.15, 0.2) is 0 Å². The van der Waals surface area contributed by atoms with Crippen LogP contribution in [-0.2, 0) is 10.0 Å². The molecule has 0 aliphatic carbocycles. The summed E-state index contributed by atoms with van der Waals surface area (Å²) in [5, 5.41) is 2.03. The molecule has 2 aromatic rings. The second kappa shape index (κ2) is 8.20. The van der Waals surface area contributed by atoms with Crippen molar-refractivity contribution in [1.82, 2.24) is 9.21 Å². The summed E-state index contributed by atoms with van der Waals surface area (Å²) in [7, 11) is -3.60. The summed E-state index contributed by atoms with van der Waals surface area (Å²) in [6, 6.07) is 10.8. The zero-order valence-electron chi connectivity index (χ0n) is 17.0. The van der Waals surface area contributed by atoms with Crippen LogP contribution in [0.3, 0.4) is 0 Å². The third-order valence-electron chi connectivity index (χ3n) is 5.94. The molecule has 156 valence electrons. The van der Waals surface area contributed by atoms with Gasteiger partial charge in [0, 0.05) is 30.1 Å². The molecular weight excluding hydrogens is 404 g/mol. The number of hydrogen-bond acceptors (Lipinski definition) is 4. The standard InChI is InChI=1S/C22H28N2O3S2/c1-16-12-17(2)15-23(14-16)29(26,27)19-7-3-6-18(13-19)22(25)24-10-4-8-20(24)21-9-5-11-28-21/h3,5-7,9,11,13,16-17,20H,4,8,10,12,14-15H2,1-2H3. The first-order chi connectivity index (χ1) is 13.9. The second-order valence-electron chi connectivity index (χ2n) is 8.47. The molecule has 7 heteroatoms. The molecule has 0 bridgehead atoms. The fourth-order valence-electron chi connectivity index (χ4n) is 4.69. The second-order valence-corrected chi connectivity index (χ2v) is 11.4. The predicted molar refractivity (Wildman–Crippen MR) is 115 cm³/mol. The fourth-order valence-corrected chi connectivity index (χ4v) is 7.29. The molecule has 2 fully saturated rings. The molecule has 29 heavy (non-hydrogen) atoms. The zero-order chi connectivity index (χ0) is 20.6. The zero-order valence-corrected chi connectivity index (χ0v) is 18.6. The molecule has 2 saturated heterocycles. The molecule has 0 radical (unpaired) electrons. The van der Waals surface area contributed by atoms with Crippen molar-refractivity contribution in [3.63, 3.8) is 0 Å². The van der Waals surface area contributed by atoms with Gasteiger partial charge >= 0.3 is 0 Å². The molecule has 3 unspecified atom stereocenters. The number of benzene rings is 1. The maximum atomic E-state index is 13.2. The molecular formula is C22H28N2O3S2. The molecule has 3 heterocycles. The van der Waals surface area contributed by atoms with Gasteiger partial charge in [-0.1, -0.05) is 26.0 Å². The molecule has 1 amide bonds. The van der Waals surface area contributed by atoms with Crippen LogP contribution in [0.15, 0.2) is 46.7 Å². The summed E-state index contributed by atoms with van der Waals surface area (Å²) in [6.45, 7) is 5.97. The van der Waals surface area contributed by atoms with Crippen LogP contribution in [0, 0.1) is 11.8 Å². The summed E-state index contributed by atoms with van der Waals surface area (Å²) in [4.78, 5) is 16.5. The number of rotatable bonds is 4. The van der Waals surface area contributed by atoms with Crippen molar-refractivity contribution in [3.8, 4) is 0 Å². The number of hydrogen-bond donors (Lipinski definition) is 0. The quantitative estimate of drug-likeness (QED) is 0.720. The first-order valence-electron chi connectivity index (χ1n) is 10.3. The Kier molecular flexibility index (Phi) is 5.82. The average Bonchev–Trinajstić information content (AvgIpc) is 3.38. The molecule has 5 nitrogen and oxygen atoms in total. The number of amides is 1. The van der Waals surface area contributed by atoms with Crippen LogP contribution in [0.5, 0.6) is 0 Å². The monoisotopic (exact) mass is 432 g/mol. The molecule has 1 aromatic carbocycles. The number of likely N-dealkylation sites (tertiary alicyclic amines) is 1. The minimum atomic E-state index is -3.60. The van der Waals surface area contributed by atoms with Crippen LogP contribution in [0.25, 0.3) is 0 Å². The number of carbonyl (C=O) groups is 1. The molecule has 0 saturated carbocycles. The lowest BCUT2D eigenvalue weighted by atomic mass is 9.94. The Morgan fingerprint density at radius 1 is 1.10 bits per heavy atom. The van der Waals surface area contributed by atoms with Gasteiger partial charge in [-0.05, 0) is 60.7 Å². The van der Waals surface area contributed by atoms with E-state index in [2.05, 4.69) is 19.9 Å². The van der Waals surface area contributed by atoms with Crippen molar-refractivity contribution in [1.29, 1.82) is 0 Å². The van der Waals surface area contributed by atoms with E-state index in [-0.39, 0.29) is 16.8 Å². The van der Waals surface area contributed by atoms with E-state index in [1.54, 1.807) is 39.9 Å². The molecule has 0 N–H and O–H groups in total. The smallest absolute Gasteiger partial charge is 0.254 e. The largest absolute Gasteiger partial charge is 0.331 e. The van der Waals surface area contributed by atoms with E-state index < -0.39 is 10.0 Å². The summed E-state index contributed by atoms with van der Waals surface area (Å²) in [5.41, 5.74) is 0.452. The van der Waals surface area contributed by atoms with Crippen molar-refractivity contribution < 1.29 is 13.2 Å². The Hall–Kier alpha value is -1.70. The predicted octanol–water partition coefficient (Wildman–Crippen LogP) is 4.39. The van der Waals surface area contributed by atoms with E-state index in [9.17, 15) is 13.2 Å². The van der Waals surface area contributed by atoms with Gasteiger partial charge in [0.2, 0.25) is 10.0 Å². The normalized spacial score (nSPS) is 26.0. The molecule has 0 spiro atoms. The van der Waals surface area contributed by atoms with Gasteiger partial charge in [0.1, 0.15) is 0 Å². The number of sulfonamides is 1. The Morgan fingerprint density at radius 3 is 2.55 bits per heavy atom. The highest BCUT2D eigenvalue weighted by Crippen LogP contribution is 2.36. The van der Waals surface area contributed by atoms with E-state index in [0.29, 0.717) is 37.0 Å². The van der Waals surface area contributed by atoms with Gasteiger partial charge in [0.25, 0.3) is 5.91 Å². The van der Waals surface area contributed by atoms with Gasteiger partial charge in [-0.3, -0.25) is 4.79 Å². The number of thiophene rings is 1. The minimum Gasteiger partial charge on any atom is -0.331 e. The highest BCUT2D eigenvalue weighted by molar-refractivity contribution is 7.89. The topological polar surface area (TPSA) is 57.7 Å². The summed E-state index contributed by atoms with van der Waals surface area (Å²) < 4.78 is 28.0. The van der Waals surface area contributed by atoms with Crippen molar-refractivity contribution in [2.45, 2.75) is 44.0 Å². The summed E-state index contributed by atoms with van der Waals surface area (Å²) in [6.07, 6.45) is 2.97. The molecule has 4 rings (SSSR count). The van der Waals surface area contributed by atoms with Crippen molar-refractivity contribution in [2.75, 3.05) is 19.6 Å². The average molecular weight is 433 g/mol. The van der Waals surface area contributed by atoms with Crippen LogP contribution < -0.4 is 0 Å². The van der Waals surface area contributed by atoms with Crippen LogP contribution in [-0.4, -0.2) is 43.2 Å². The lowest BCUT2D eigenvalue weighted by Gasteiger charge is -2.34. The van der Waals surface area contributed by atoms with Gasteiger partial charge in [0.05, 0.1) is 10.9 Å². The number of nitrogens with zero attached hydrogens (tertiary/aromatic N) is 2. The Balaban J connectivity index is 1.59. The Bertz CT molecular complexity index is 962. The third kappa shape index (κ3) is 4.13. The Morgan fingerprint density at radius 2 is 1.86 bits per heavy atom. The maximum Gasteiger partial charge on any atom is 0.254 e. The van der Waals surface area contributed by atoms with Gasteiger partial charge < -0.3 is 4.90 Å². The first kappa shape index (κ1) is 20.6. The van der Waals surface area contributed by atoms with Crippen LogP contribution in [0.1, 0.15) is 54.4 Å². The highest BCUT2D eigenvalue weighted by Gasteiger charge is 2.34. The van der Waals surface area contributed by atoms with E-state index in [1.807, 2.05) is 16.3 Å². The molecule has 3 atom stereocenters. The summed E-state index contributed by atoms with van der Waals surface area (Å²) in [5.74, 6) is 0.599. The molecule has 2 aliphatic heterocycles. The molecule has 1 aromatic heterocycles. The SMILES string of the molecule is CC1CC(C)CN(S(=O)(=O)c2cccc(C(=O)N3CCCC3c3cccs3)c2)C1. The highest BCUT2D eigenvalue weighted by atomic mass is 32.2. The Labute approximate surface area is 177 Å². The van der Waals surface area contributed by atoms with Crippen LogP contribution in [0.2, 0.25) is 0 Å². The van der Waals surface area contributed by atoms with Crippen LogP contribution in [0.4, 0.5) is 0 Å². The van der Waals surface area contributed by atoms with Crippen molar-refractivity contribution >= 4 is 27.3 Å². The number of carbonyl (C=O) groups excluding carboxylic acids is 1. The number of piperidine rings is 1. The van der Waals surface area contributed by atoms with E-state index in [1.165, 1.54) is 4.88 Å². The summed E-state index contributed by atoms with van der Waals surface area (Å²) >= 11 is 1.67. The maximum absolute atomic E-state index is 13.2. The van der Waals surface area contributed by atoms with Crippen LogP contribution >= 0.6 is 11.3 Å². The van der Waals surface area contributed by atoms with E-state index >= 15 is 0 Å². The fraction of sp³-hybridized carbons (Fsp3) is 0.500. The van der Waals surface area contributed by atoms with E-state index in [0.717, 1.165) is 19.3 Å². The van der Waals surface area contributed by atoms with Gasteiger partial charge in [-0.25, -0.2) is 8.42 Å². The minimum absolute atomic E-state index is 0.0849. The lowest BCUT2D eigenvalue weighted by Crippen LogP contribution is -2.42. The van der Waals surface area contributed by atoms with Gasteiger partial charge in [-0.2, -0.15) is 4.31 Å². The van der Waals surface area contributed by atoms with E-state index in [4.69, 9.17) is 0 Å². The molecule has 2 aliphatic rings.